The number of rotatable bonds is 6. The van der Waals surface area contributed by atoms with Crippen LogP contribution in [-0.4, -0.2) is 28.4 Å². The summed E-state index contributed by atoms with van der Waals surface area (Å²) < 4.78 is 31.4. The zero-order valence-electron chi connectivity index (χ0n) is 22.7. The number of carbonyl (C=O) groups is 2. The highest BCUT2D eigenvalue weighted by Crippen LogP contribution is 2.56. The lowest BCUT2D eigenvalue weighted by Crippen LogP contribution is -2.40. The summed E-state index contributed by atoms with van der Waals surface area (Å²) >= 11 is 12.2. The molecule has 1 aliphatic heterocycles. The van der Waals surface area contributed by atoms with Crippen LogP contribution in [0.25, 0.3) is 6.08 Å². The SMILES string of the molecule is CC(C)(C)C[C@@H]1CN(C(=O)C=Cc2ccc(C(=O)O)cc2)[C@H](c2cccc(Cl)c2F)[C@@]1(C#N)c1ccc(Cl)cc1F. The highest BCUT2D eigenvalue weighted by Gasteiger charge is 2.59. The minimum absolute atomic E-state index is 0.00243. The van der Waals surface area contributed by atoms with Crippen LogP contribution in [0.15, 0.2) is 66.7 Å². The first-order chi connectivity index (χ1) is 19.3. The molecule has 0 bridgehead atoms. The molecule has 1 fully saturated rings. The van der Waals surface area contributed by atoms with Gasteiger partial charge in [0.25, 0.3) is 0 Å². The second-order valence-corrected chi connectivity index (χ2v) is 12.2. The second-order valence-electron chi connectivity index (χ2n) is 11.4. The maximum Gasteiger partial charge on any atom is 0.335 e. The smallest absolute Gasteiger partial charge is 0.335 e. The van der Waals surface area contributed by atoms with E-state index in [4.69, 9.17) is 28.3 Å². The molecule has 1 heterocycles. The Hall–Kier alpha value is -3.73. The molecule has 0 spiro atoms. The average Bonchev–Trinajstić information content (AvgIpc) is 3.22. The number of carboxylic acid groups (broad SMARTS) is 1. The van der Waals surface area contributed by atoms with E-state index in [-0.39, 0.29) is 38.7 Å². The molecule has 1 N–H and O–H groups in total. The third-order valence-electron chi connectivity index (χ3n) is 7.36. The molecular weight excluding hydrogens is 569 g/mol. The molecular formula is C32H28Cl2F2N2O3. The Bertz CT molecular complexity index is 1560. The van der Waals surface area contributed by atoms with Crippen LogP contribution in [0, 0.1) is 34.3 Å². The molecule has 3 aromatic rings. The number of hydrogen-bond donors (Lipinski definition) is 1. The monoisotopic (exact) mass is 596 g/mol. The van der Waals surface area contributed by atoms with Gasteiger partial charge in [0.2, 0.25) is 5.91 Å². The maximum atomic E-state index is 15.7. The lowest BCUT2D eigenvalue weighted by atomic mass is 9.63. The summed E-state index contributed by atoms with van der Waals surface area (Å²) in [5.41, 5.74) is -1.33. The topological polar surface area (TPSA) is 81.4 Å². The van der Waals surface area contributed by atoms with Crippen molar-refractivity contribution in [3.8, 4) is 6.07 Å². The second kappa shape index (κ2) is 11.6. The van der Waals surface area contributed by atoms with Crippen LogP contribution in [0.5, 0.6) is 0 Å². The van der Waals surface area contributed by atoms with Crippen molar-refractivity contribution in [2.24, 2.45) is 11.3 Å². The molecule has 3 aromatic carbocycles. The van der Waals surface area contributed by atoms with Gasteiger partial charge in [-0.05, 0) is 53.8 Å². The summed E-state index contributed by atoms with van der Waals surface area (Å²) in [5, 5.41) is 20.0. The number of halogens is 4. The average molecular weight is 597 g/mol. The summed E-state index contributed by atoms with van der Waals surface area (Å²) in [5.74, 6) is -3.71. The Labute approximate surface area is 247 Å². The highest BCUT2D eigenvalue weighted by molar-refractivity contribution is 6.31. The van der Waals surface area contributed by atoms with E-state index in [9.17, 15) is 14.9 Å². The van der Waals surface area contributed by atoms with E-state index in [2.05, 4.69) is 6.07 Å². The number of benzene rings is 3. The van der Waals surface area contributed by atoms with Crippen molar-refractivity contribution < 1.29 is 23.5 Å². The molecule has 212 valence electrons. The Morgan fingerprint density at radius 2 is 1.80 bits per heavy atom. The number of amides is 1. The van der Waals surface area contributed by atoms with Crippen molar-refractivity contribution in [1.82, 2.24) is 4.90 Å². The van der Waals surface area contributed by atoms with Crippen LogP contribution >= 0.6 is 23.2 Å². The van der Waals surface area contributed by atoms with Crippen molar-refractivity contribution in [3.63, 3.8) is 0 Å². The number of likely N-dealkylation sites (tertiary alicyclic amines) is 1. The number of hydrogen-bond acceptors (Lipinski definition) is 3. The van der Waals surface area contributed by atoms with Gasteiger partial charge in [0.05, 0.1) is 22.7 Å². The minimum Gasteiger partial charge on any atom is -0.478 e. The number of nitriles is 1. The molecule has 3 atom stereocenters. The van der Waals surface area contributed by atoms with E-state index in [0.29, 0.717) is 12.0 Å². The van der Waals surface area contributed by atoms with Crippen LogP contribution < -0.4 is 0 Å². The summed E-state index contributed by atoms with van der Waals surface area (Å²) in [6, 6.07) is 15.4. The van der Waals surface area contributed by atoms with E-state index in [1.54, 1.807) is 12.1 Å². The lowest BCUT2D eigenvalue weighted by molar-refractivity contribution is -0.127. The van der Waals surface area contributed by atoms with Gasteiger partial charge in [-0.15, -0.1) is 0 Å². The van der Waals surface area contributed by atoms with Crippen LogP contribution in [-0.2, 0) is 10.2 Å². The third kappa shape index (κ3) is 6.00. The molecule has 9 heteroatoms. The summed E-state index contributed by atoms with van der Waals surface area (Å²) in [6.07, 6.45) is 3.21. The Kier molecular flexibility index (Phi) is 8.58. The molecule has 4 rings (SSSR count). The quantitative estimate of drug-likeness (QED) is 0.292. The molecule has 0 unspecified atom stereocenters. The molecule has 41 heavy (non-hydrogen) atoms. The van der Waals surface area contributed by atoms with E-state index in [1.807, 2.05) is 20.8 Å². The van der Waals surface area contributed by atoms with Crippen molar-refractivity contribution in [2.45, 2.75) is 38.6 Å². The first-order valence-electron chi connectivity index (χ1n) is 12.9. The van der Waals surface area contributed by atoms with Crippen molar-refractivity contribution >= 4 is 41.2 Å². The van der Waals surface area contributed by atoms with Gasteiger partial charge < -0.3 is 10.0 Å². The molecule has 0 saturated carbocycles. The predicted molar refractivity (Wildman–Crippen MR) is 155 cm³/mol. The summed E-state index contributed by atoms with van der Waals surface area (Å²) in [6.45, 7) is 5.99. The summed E-state index contributed by atoms with van der Waals surface area (Å²) in [7, 11) is 0. The van der Waals surface area contributed by atoms with Gasteiger partial charge >= 0.3 is 5.97 Å². The molecule has 1 amide bonds. The van der Waals surface area contributed by atoms with Gasteiger partial charge in [0, 0.05) is 34.7 Å². The van der Waals surface area contributed by atoms with Crippen molar-refractivity contribution in [3.05, 3.63) is 111 Å². The fraction of sp³-hybridized carbons (Fsp3) is 0.281. The predicted octanol–water partition coefficient (Wildman–Crippen LogP) is 8.08. The van der Waals surface area contributed by atoms with E-state index in [0.717, 1.165) is 6.07 Å². The van der Waals surface area contributed by atoms with Crippen molar-refractivity contribution in [1.29, 1.82) is 5.26 Å². The van der Waals surface area contributed by atoms with Crippen molar-refractivity contribution in [2.75, 3.05) is 6.54 Å². The molecule has 0 aromatic heterocycles. The molecule has 1 saturated heterocycles. The molecule has 5 nitrogen and oxygen atoms in total. The summed E-state index contributed by atoms with van der Waals surface area (Å²) in [4.78, 5) is 26.4. The highest BCUT2D eigenvalue weighted by atomic mass is 35.5. The zero-order valence-corrected chi connectivity index (χ0v) is 24.2. The number of nitrogens with zero attached hydrogens (tertiary/aromatic N) is 2. The third-order valence-corrected chi connectivity index (χ3v) is 7.89. The fourth-order valence-electron chi connectivity index (χ4n) is 5.69. The fourth-order valence-corrected chi connectivity index (χ4v) is 6.03. The van der Waals surface area contributed by atoms with E-state index < -0.39 is 40.9 Å². The Balaban J connectivity index is 1.91. The largest absolute Gasteiger partial charge is 0.478 e. The maximum absolute atomic E-state index is 15.7. The standard InChI is InChI=1S/C32H28Cl2F2N2O3/c1-31(2,3)16-21-17-38(27(39)14-9-19-7-10-20(11-8-19)30(40)41)29(23-5-4-6-25(34)28(23)36)32(21,18-37)24-13-12-22(33)15-26(24)35/h4-15,21,29H,16-17H2,1-3H3,(H,40,41)/t21-,29-,32-/m1/s1. The number of carboxylic acids is 1. The van der Waals surface area contributed by atoms with E-state index >= 15 is 8.78 Å². The van der Waals surface area contributed by atoms with Gasteiger partial charge in [-0.2, -0.15) is 5.26 Å². The Morgan fingerprint density at radius 3 is 2.39 bits per heavy atom. The van der Waals surface area contributed by atoms with Gasteiger partial charge in [-0.25, -0.2) is 13.6 Å². The van der Waals surface area contributed by atoms with Gasteiger partial charge in [-0.1, -0.05) is 74.3 Å². The van der Waals surface area contributed by atoms with Gasteiger partial charge in [0.1, 0.15) is 17.0 Å². The number of aromatic carboxylic acids is 1. The van der Waals surface area contributed by atoms with Crippen LogP contribution in [0.4, 0.5) is 8.78 Å². The van der Waals surface area contributed by atoms with Gasteiger partial charge in [0.15, 0.2) is 0 Å². The molecule has 0 radical (unpaired) electrons. The zero-order chi connectivity index (χ0) is 30.1. The first kappa shape index (κ1) is 30.2. The minimum atomic E-state index is -1.68. The number of carbonyl (C=O) groups excluding carboxylic acids is 1. The molecule has 1 aliphatic rings. The van der Waals surface area contributed by atoms with E-state index in [1.165, 1.54) is 59.5 Å². The molecule has 0 aliphatic carbocycles. The first-order valence-corrected chi connectivity index (χ1v) is 13.7. The lowest BCUT2D eigenvalue weighted by Gasteiger charge is -2.38. The normalized spacial score (nSPS) is 20.8. The van der Waals surface area contributed by atoms with Crippen LogP contribution in [0.3, 0.4) is 0 Å². The Morgan fingerprint density at radius 1 is 1.12 bits per heavy atom. The van der Waals surface area contributed by atoms with Crippen LogP contribution in [0.2, 0.25) is 10.0 Å². The van der Waals surface area contributed by atoms with Crippen LogP contribution in [0.1, 0.15) is 60.3 Å². The van der Waals surface area contributed by atoms with Gasteiger partial charge in [-0.3, -0.25) is 4.79 Å².